The molecule has 3 heterocycles. The highest BCUT2D eigenvalue weighted by Gasteiger charge is 2.44. The highest BCUT2D eigenvalue weighted by molar-refractivity contribution is 9.10. The maximum Gasteiger partial charge on any atom is 0.414 e. The summed E-state index contributed by atoms with van der Waals surface area (Å²) in [6.45, 7) is 7.72. The van der Waals surface area contributed by atoms with E-state index in [2.05, 4.69) is 35.6 Å². The quantitative estimate of drug-likeness (QED) is 0.609. The fourth-order valence-electron chi connectivity index (χ4n) is 3.24. The summed E-state index contributed by atoms with van der Waals surface area (Å²) in [5.74, 6) is -0.536. The van der Waals surface area contributed by atoms with Crippen LogP contribution in [-0.2, 0) is 20.2 Å². The van der Waals surface area contributed by atoms with Crippen LogP contribution in [0.3, 0.4) is 0 Å². The van der Waals surface area contributed by atoms with Gasteiger partial charge < -0.3 is 4.74 Å². The van der Waals surface area contributed by atoms with E-state index in [0.29, 0.717) is 17.7 Å². The standard InChI is InChI=1S/C18H25BrFN5O3S/c1-17(2,3)28-16(26)23-15-24-18(4,14-12(20)7-8-13(19)22-14)11-29(27)21-9-5-6-10-25(15)29/h7-8H,5-6,9-11H2,1-4H3,(H,23,24,26)/t18-,29?/m0/s1. The summed E-state index contributed by atoms with van der Waals surface area (Å²) in [5.41, 5.74) is -1.96. The molecule has 0 aliphatic carbocycles. The highest BCUT2D eigenvalue weighted by atomic mass is 79.9. The minimum atomic E-state index is -2.96. The first kappa shape index (κ1) is 21.9. The number of hydrogen-bond donors (Lipinski definition) is 1. The number of carbonyl (C=O) groups is 1. The lowest BCUT2D eigenvalue weighted by Crippen LogP contribution is -2.55. The first-order valence-electron chi connectivity index (χ1n) is 9.33. The molecule has 0 aromatic carbocycles. The second kappa shape index (κ2) is 7.82. The number of amides is 1. The number of pyridine rings is 1. The summed E-state index contributed by atoms with van der Waals surface area (Å²) in [6, 6.07) is 2.76. The Hall–Kier alpha value is -1.75. The fourth-order valence-corrected chi connectivity index (χ4v) is 6.06. The molecule has 1 aromatic heterocycles. The van der Waals surface area contributed by atoms with Gasteiger partial charge in [-0.15, -0.1) is 0 Å². The molecule has 0 radical (unpaired) electrons. The predicted octanol–water partition coefficient (Wildman–Crippen LogP) is 3.57. The summed E-state index contributed by atoms with van der Waals surface area (Å²) in [7, 11) is -2.96. The Morgan fingerprint density at radius 2 is 2.10 bits per heavy atom. The number of hydrogen-bond acceptors (Lipinski definition) is 6. The van der Waals surface area contributed by atoms with Crippen LogP contribution in [0, 0.1) is 5.82 Å². The Kier molecular flexibility index (Phi) is 5.92. The van der Waals surface area contributed by atoms with Crippen LogP contribution in [0.15, 0.2) is 26.1 Å². The topological polar surface area (TPSA) is 96.2 Å². The molecule has 11 heteroatoms. The van der Waals surface area contributed by atoms with E-state index in [0.717, 1.165) is 12.8 Å². The van der Waals surface area contributed by atoms with E-state index in [1.165, 1.54) is 16.4 Å². The molecule has 1 N–H and O–H groups in total. The number of nitrogens with one attached hydrogen (secondary N) is 1. The van der Waals surface area contributed by atoms with Crippen molar-refractivity contribution in [2.75, 3.05) is 18.8 Å². The van der Waals surface area contributed by atoms with Crippen molar-refractivity contribution >= 4 is 37.9 Å². The zero-order valence-electron chi connectivity index (χ0n) is 16.9. The van der Waals surface area contributed by atoms with Crippen molar-refractivity contribution in [3.8, 4) is 0 Å². The minimum Gasteiger partial charge on any atom is -0.444 e. The maximum absolute atomic E-state index is 14.6. The Bertz CT molecular complexity index is 971. The van der Waals surface area contributed by atoms with Gasteiger partial charge in [-0.05, 0) is 68.6 Å². The van der Waals surface area contributed by atoms with Crippen LogP contribution in [0.4, 0.5) is 9.18 Å². The summed E-state index contributed by atoms with van der Waals surface area (Å²) in [4.78, 5) is 21.2. The molecule has 0 bridgehead atoms. The Morgan fingerprint density at radius 3 is 2.79 bits per heavy atom. The number of aliphatic imine (C=N–C) groups is 1. The van der Waals surface area contributed by atoms with Gasteiger partial charge in [0.15, 0.2) is 0 Å². The van der Waals surface area contributed by atoms with Crippen molar-refractivity contribution in [3.05, 3.63) is 28.2 Å². The van der Waals surface area contributed by atoms with Crippen molar-refractivity contribution in [1.29, 1.82) is 0 Å². The monoisotopic (exact) mass is 489 g/mol. The van der Waals surface area contributed by atoms with Crippen molar-refractivity contribution in [2.45, 2.75) is 51.7 Å². The first-order valence-corrected chi connectivity index (χ1v) is 11.8. The SMILES string of the molecule is CC(C)(C)OC(=O)NC1=N[C@](C)(c2nc(Br)ccc2F)CS2(=O)=NCCCCN12. The van der Waals surface area contributed by atoms with Gasteiger partial charge in [0.1, 0.15) is 37.2 Å². The summed E-state index contributed by atoms with van der Waals surface area (Å²) >= 11 is 3.25. The average Bonchev–Trinajstić information content (AvgIpc) is 2.76. The molecule has 0 spiro atoms. The first-order chi connectivity index (χ1) is 13.4. The zero-order valence-corrected chi connectivity index (χ0v) is 19.3. The number of aromatic nitrogens is 1. The average molecular weight is 490 g/mol. The molecule has 1 amide bonds. The number of ether oxygens (including phenoxy) is 1. The van der Waals surface area contributed by atoms with Crippen LogP contribution >= 0.6 is 15.9 Å². The molecule has 1 aromatic rings. The van der Waals surface area contributed by atoms with Crippen LogP contribution in [-0.4, -0.2) is 50.0 Å². The van der Waals surface area contributed by atoms with E-state index in [4.69, 9.17) is 4.74 Å². The van der Waals surface area contributed by atoms with Gasteiger partial charge >= 0.3 is 6.09 Å². The lowest BCUT2D eigenvalue weighted by atomic mass is 10.00. The fraction of sp³-hybridized carbons (Fsp3) is 0.611. The third-order valence-corrected chi connectivity index (χ3v) is 7.41. The van der Waals surface area contributed by atoms with E-state index in [-0.39, 0.29) is 17.4 Å². The van der Waals surface area contributed by atoms with Crippen LogP contribution in [0.2, 0.25) is 0 Å². The second-order valence-electron chi connectivity index (χ2n) is 8.21. The van der Waals surface area contributed by atoms with Gasteiger partial charge in [-0.1, -0.05) is 0 Å². The number of nitrogens with zero attached hydrogens (tertiary/aromatic N) is 4. The van der Waals surface area contributed by atoms with Gasteiger partial charge in [0.2, 0.25) is 5.96 Å². The van der Waals surface area contributed by atoms with Gasteiger partial charge in [-0.2, -0.15) is 0 Å². The van der Waals surface area contributed by atoms with Gasteiger partial charge in [0, 0.05) is 6.54 Å². The highest BCUT2D eigenvalue weighted by Crippen LogP contribution is 2.35. The lowest BCUT2D eigenvalue weighted by Gasteiger charge is -2.39. The number of fused-ring (bicyclic) bond motifs is 1. The van der Waals surface area contributed by atoms with E-state index < -0.39 is 33.0 Å². The number of alkyl carbamates (subject to hydrolysis) is 1. The molecule has 0 saturated heterocycles. The van der Waals surface area contributed by atoms with Gasteiger partial charge in [-0.25, -0.2) is 27.7 Å². The molecule has 2 atom stereocenters. The van der Waals surface area contributed by atoms with Crippen molar-refractivity contribution < 1.29 is 18.1 Å². The molecule has 0 saturated carbocycles. The number of halogens is 2. The molecule has 0 fully saturated rings. The molecule has 2 aliphatic heterocycles. The molecule has 29 heavy (non-hydrogen) atoms. The normalized spacial score (nSPS) is 27.2. The van der Waals surface area contributed by atoms with Gasteiger partial charge in [0.05, 0.1) is 12.3 Å². The van der Waals surface area contributed by atoms with Crippen LogP contribution in [0.5, 0.6) is 0 Å². The number of guanidine groups is 1. The second-order valence-corrected chi connectivity index (χ2v) is 11.2. The van der Waals surface area contributed by atoms with Crippen molar-refractivity contribution in [1.82, 2.24) is 14.6 Å². The lowest BCUT2D eigenvalue weighted by molar-refractivity contribution is 0.0558. The molecular weight excluding hydrogens is 465 g/mol. The Morgan fingerprint density at radius 1 is 1.38 bits per heavy atom. The molecule has 2 aliphatic rings. The predicted molar refractivity (Wildman–Crippen MR) is 112 cm³/mol. The summed E-state index contributed by atoms with van der Waals surface area (Å²) in [5, 5.41) is 2.60. The van der Waals surface area contributed by atoms with Crippen molar-refractivity contribution in [2.24, 2.45) is 9.36 Å². The summed E-state index contributed by atoms with van der Waals surface area (Å²) in [6.07, 6.45) is 0.789. The van der Waals surface area contributed by atoms with Gasteiger partial charge in [-0.3, -0.25) is 9.62 Å². The van der Waals surface area contributed by atoms with Crippen molar-refractivity contribution in [3.63, 3.8) is 0 Å². The molecule has 160 valence electrons. The largest absolute Gasteiger partial charge is 0.444 e. The minimum absolute atomic E-state index is 0.0279. The number of carbonyl (C=O) groups excluding carboxylic acids is 1. The molecule has 8 nitrogen and oxygen atoms in total. The van der Waals surface area contributed by atoms with E-state index in [9.17, 15) is 13.4 Å². The molecular formula is C18H25BrFN5O3S. The van der Waals surface area contributed by atoms with Gasteiger partial charge in [0.25, 0.3) is 0 Å². The van der Waals surface area contributed by atoms with Crippen LogP contribution in [0.1, 0.15) is 46.2 Å². The maximum atomic E-state index is 14.6. The molecule has 1 unspecified atom stereocenters. The molecule has 3 rings (SSSR count). The smallest absolute Gasteiger partial charge is 0.414 e. The summed E-state index contributed by atoms with van der Waals surface area (Å²) < 4.78 is 40.1. The number of rotatable bonds is 1. The Balaban J connectivity index is 2.10. The third-order valence-electron chi connectivity index (χ3n) is 4.40. The van der Waals surface area contributed by atoms with E-state index in [1.807, 2.05) is 0 Å². The van der Waals surface area contributed by atoms with E-state index in [1.54, 1.807) is 27.7 Å². The van der Waals surface area contributed by atoms with E-state index >= 15 is 0 Å². The third kappa shape index (κ3) is 4.88. The zero-order chi connectivity index (χ0) is 21.4. The Labute approximate surface area is 178 Å². The van der Waals surface area contributed by atoms with Crippen LogP contribution < -0.4 is 5.32 Å². The van der Waals surface area contributed by atoms with Crippen LogP contribution in [0.25, 0.3) is 0 Å².